The molecule has 244 valence electrons. The maximum atomic E-state index is 12.6. The van der Waals surface area contributed by atoms with Crippen molar-refractivity contribution in [2.75, 3.05) is 13.2 Å². The number of carbonyl (C=O) groups excluding carboxylic acids is 1. The lowest BCUT2D eigenvalue weighted by atomic mass is 9.98. The molecule has 0 aromatic carbocycles. The van der Waals surface area contributed by atoms with Gasteiger partial charge in [-0.05, 0) is 12.8 Å². The van der Waals surface area contributed by atoms with Gasteiger partial charge in [-0.2, -0.15) is 0 Å². The van der Waals surface area contributed by atoms with Gasteiger partial charge in [-0.15, -0.1) is 0 Å². The van der Waals surface area contributed by atoms with Gasteiger partial charge in [0.15, 0.2) is 6.29 Å². The zero-order chi connectivity index (χ0) is 30.5. The summed E-state index contributed by atoms with van der Waals surface area (Å²) in [4.78, 5) is 12.6. The fraction of sp³-hybridized carbons (Fsp3) is 0.968. The van der Waals surface area contributed by atoms with Gasteiger partial charge < -0.3 is 45.4 Å². The Labute approximate surface area is 247 Å². The molecule has 0 saturated carbocycles. The molecule has 1 rings (SSSR count). The maximum absolute atomic E-state index is 12.6. The Bertz CT molecular complexity index is 639. The largest absolute Gasteiger partial charge is 0.394 e. The van der Waals surface area contributed by atoms with Gasteiger partial charge in [0, 0.05) is 6.42 Å². The van der Waals surface area contributed by atoms with E-state index in [2.05, 4.69) is 19.2 Å². The number of hydrogen-bond acceptors (Lipinski definition) is 9. The summed E-state index contributed by atoms with van der Waals surface area (Å²) in [6.45, 7) is 3.42. The molecule has 0 aliphatic carbocycles. The van der Waals surface area contributed by atoms with Crippen LogP contribution in [0.1, 0.15) is 129 Å². The number of rotatable bonds is 25. The Morgan fingerprint density at radius 3 is 1.80 bits per heavy atom. The highest BCUT2D eigenvalue weighted by atomic mass is 16.7. The summed E-state index contributed by atoms with van der Waals surface area (Å²) in [5, 5.41) is 64.1. The summed E-state index contributed by atoms with van der Waals surface area (Å²) in [6.07, 6.45) is 9.05. The van der Waals surface area contributed by atoms with Gasteiger partial charge in [0.1, 0.15) is 30.5 Å². The van der Waals surface area contributed by atoms with Crippen LogP contribution >= 0.6 is 0 Å². The molecule has 0 spiro atoms. The van der Waals surface area contributed by atoms with Gasteiger partial charge >= 0.3 is 0 Å². The highest BCUT2D eigenvalue weighted by molar-refractivity contribution is 5.76. The van der Waals surface area contributed by atoms with Crippen LogP contribution in [0.5, 0.6) is 0 Å². The summed E-state index contributed by atoms with van der Waals surface area (Å²) < 4.78 is 11.0. The van der Waals surface area contributed by atoms with Crippen LogP contribution in [0.25, 0.3) is 0 Å². The second-order valence-corrected chi connectivity index (χ2v) is 11.8. The standard InChI is InChI=1S/C31H61NO9/c1-3-5-7-9-10-11-12-13-14-15-16-17-19-24(34)27(36)23(32-26(35)20-18-8-6-4-2)22-40-31-30(39)29(38)28(37)25(21-33)41-31/h23-25,27-31,33-34,36-39H,3-22H2,1-2H3,(H,32,35)/t23-,24+,25+,27-,28-,29-,30+,31-/m0/s1. The van der Waals surface area contributed by atoms with E-state index in [1.165, 1.54) is 51.4 Å². The predicted molar refractivity (Wildman–Crippen MR) is 158 cm³/mol. The smallest absolute Gasteiger partial charge is 0.220 e. The van der Waals surface area contributed by atoms with Crippen molar-refractivity contribution in [2.24, 2.45) is 0 Å². The lowest BCUT2D eigenvalue weighted by molar-refractivity contribution is -0.303. The first-order valence-corrected chi connectivity index (χ1v) is 16.3. The molecule has 1 amide bonds. The number of nitrogens with one attached hydrogen (secondary N) is 1. The fourth-order valence-electron chi connectivity index (χ4n) is 5.25. The fourth-order valence-corrected chi connectivity index (χ4v) is 5.25. The van der Waals surface area contributed by atoms with E-state index in [9.17, 15) is 35.4 Å². The molecular formula is C31H61NO9. The van der Waals surface area contributed by atoms with Crippen LogP contribution in [0.2, 0.25) is 0 Å². The van der Waals surface area contributed by atoms with Gasteiger partial charge in [-0.25, -0.2) is 0 Å². The molecule has 7 N–H and O–H groups in total. The summed E-state index contributed by atoms with van der Waals surface area (Å²) in [5.41, 5.74) is 0. The Balaban J connectivity index is 2.51. The third-order valence-corrected chi connectivity index (χ3v) is 8.05. The Hall–Kier alpha value is -0.850. The number of unbranched alkanes of at least 4 members (excludes halogenated alkanes) is 14. The molecule has 0 unspecified atom stereocenters. The zero-order valence-corrected chi connectivity index (χ0v) is 25.7. The second kappa shape index (κ2) is 23.6. The lowest BCUT2D eigenvalue weighted by Crippen LogP contribution is -2.60. The van der Waals surface area contributed by atoms with Crippen molar-refractivity contribution in [2.45, 2.75) is 178 Å². The van der Waals surface area contributed by atoms with Gasteiger partial charge in [-0.3, -0.25) is 4.79 Å². The molecular weight excluding hydrogens is 530 g/mol. The summed E-state index contributed by atoms with van der Waals surface area (Å²) >= 11 is 0. The van der Waals surface area contributed by atoms with Crippen LogP contribution in [0, 0.1) is 0 Å². The predicted octanol–water partition coefficient (Wildman–Crippen LogP) is 3.07. The average molecular weight is 592 g/mol. The molecule has 10 nitrogen and oxygen atoms in total. The summed E-state index contributed by atoms with van der Waals surface area (Å²) in [6, 6.07) is -0.978. The molecule has 41 heavy (non-hydrogen) atoms. The molecule has 1 aliphatic heterocycles. The van der Waals surface area contributed by atoms with E-state index in [0.717, 1.165) is 44.9 Å². The van der Waals surface area contributed by atoms with E-state index in [1.54, 1.807) is 0 Å². The van der Waals surface area contributed by atoms with E-state index in [-0.39, 0.29) is 18.9 Å². The quantitative estimate of drug-likeness (QED) is 0.0789. The van der Waals surface area contributed by atoms with Crippen molar-refractivity contribution >= 4 is 5.91 Å². The zero-order valence-electron chi connectivity index (χ0n) is 25.7. The molecule has 10 heteroatoms. The van der Waals surface area contributed by atoms with Crippen molar-refractivity contribution in [3.63, 3.8) is 0 Å². The Kier molecular flexibility index (Phi) is 22.0. The average Bonchev–Trinajstić information content (AvgIpc) is 2.97. The topological polar surface area (TPSA) is 169 Å². The highest BCUT2D eigenvalue weighted by Gasteiger charge is 2.44. The molecule has 8 atom stereocenters. The summed E-state index contributed by atoms with van der Waals surface area (Å²) in [5.74, 6) is -0.278. The first kappa shape index (κ1) is 38.2. The highest BCUT2D eigenvalue weighted by Crippen LogP contribution is 2.23. The summed E-state index contributed by atoms with van der Waals surface area (Å²) in [7, 11) is 0. The molecule has 1 saturated heterocycles. The van der Waals surface area contributed by atoms with E-state index < -0.39 is 55.6 Å². The van der Waals surface area contributed by atoms with Gasteiger partial charge in [0.25, 0.3) is 0 Å². The van der Waals surface area contributed by atoms with Crippen molar-refractivity contribution in [1.29, 1.82) is 0 Å². The van der Waals surface area contributed by atoms with Crippen LogP contribution in [-0.4, -0.2) is 98.7 Å². The molecule has 0 bridgehead atoms. The van der Waals surface area contributed by atoms with E-state index in [0.29, 0.717) is 12.8 Å². The van der Waals surface area contributed by atoms with Gasteiger partial charge in [-0.1, -0.05) is 110 Å². The third-order valence-electron chi connectivity index (χ3n) is 8.05. The van der Waals surface area contributed by atoms with Crippen molar-refractivity contribution in [3.8, 4) is 0 Å². The van der Waals surface area contributed by atoms with Crippen LogP contribution in [0.3, 0.4) is 0 Å². The SMILES string of the molecule is CCCCCCCCCCCCCC[C@@H](O)[C@@H](O)[C@H](CO[C@H]1O[C@H](CO)[C@H](O)[C@H](O)[C@H]1O)NC(=O)CCCCCC. The number of aliphatic hydroxyl groups excluding tert-OH is 6. The maximum Gasteiger partial charge on any atom is 0.220 e. The minimum atomic E-state index is -1.60. The lowest BCUT2D eigenvalue weighted by Gasteiger charge is -2.40. The minimum Gasteiger partial charge on any atom is -0.394 e. The van der Waals surface area contributed by atoms with E-state index in [1.807, 2.05) is 0 Å². The Morgan fingerprint density at radius 1 is 0.756 bits per heavy atom. The van der Waals surface area contributed by atoms with Crippen LogP contribution in [0.4, 0.5) is 0 Å². The number of aliphatic hydroxyl groups is 6. The van der Waals surface area contributed by atoms with Crippen LogP contribution < -0.4 is 5.32 Å². The molecule has 0 radical (unpaired) electrons. The first-order valence-electron chi connectivity index (χ1n) is 16.3. The van der Waals surface area contributed by atoms with Crippen molar-refractivity contribution in [1.82, 2.24) is 5.32 Å². The van der Waals surface area contributed by atoms with E-state index in [4.69, 9.17) is 9.47 Å². The van der Waals surface area contributed by atoms with Gasteiger partial charge in [0.2, 0.25) is 5.91 Å². The normalized spacial score (nSPS) is 25.1. The van der Waals surface area contributed by atoms with Crippen LogP contribution in [-0.2, 0) is 14.3 Å². The minimum absolute atomic E-state index is 0.276. The Morgan fingerprint density at radius 2 is 1.27 bits per heavy atom. The van der Waals surface area contributed by atoms with Crippen LogP contribution in [0.15, 0.2) is 0 Å². The number of carbonyl (C=O) groups is 1. The van der Waals surface area contributed by atoms with E-state index >= 15 is 0 Å². The molecule has 1 heterocycles. The van der Waals surface area contributed by atoms with Crippen molar-refractivity contribution in [3.05, 3.63) is 0 Å². The molecule has 1 aliphatic rings. The number of hydrogen-bond donors (Lipinski definition) is 7. The monoisotopic (exact) mass is 591 g/mol. The molecule has 0 aromatic rings. The van der Waals surface area contributed by atoms with Crippen molar-refractivity contribution < 1.29 is 44.9 Å². The number of ether oxygens (including phenoxy) is 2. The first-order chi connectivity index (χ1) is 19.8. The molecule has 0 aromatic heterocycles. The third kappa shape index (κ3) is 16.0. The number of amides is 1. The second-order valence-electron chi connectivity index (χ2n) is 11.8. The molecule has 1 fully saturated rings. The van der Waals surface area contributed by atoms with Gasteiger partial charge in [0.05, 0.1) is 25.4 Å².